The summed E-state index contributed by atoms with van der Waals surface area (Å²) < 4.78 is 17.7. The molecule has 0 saturated heterocycles. The molecule has 0 fully saturated rings. The number of ether oxygens (including phenoxy) is 3. The molecule has 0 aromatic heterocycles. The van der Waals surface area contributed by atoms with E-state index < -0.39 is 6.10 Å². The van der Waals surface area contributed by atoms with Gasteiger partial charge in [-0.1, -0.05) is 42.5 Å². The van der Waals surface area contributed by atoms with E-state index in [9.17, 15) is 15.3 Å². The molecule has 180 valence electrons. The molecule has 0 bridgehead atoms. The quantitative estimate of drug-likeness (QED) is 0.323. The largest absolute Gasteiger partial charge is 0.508 e. The van der Waals surface area contributed by atoms with Gasteiger partial charge >= 0.3 is 0 Å². The van der Waals surface area contributed by atoms with Gasteiger partial charge in [-0.05, 0) is 53.9 Å². The first-order chi connectivity index (χ1) is 16.6. The fraction of sp³-hybridized carbons (Fsp3) is 0.333. The lowest BCUT2D eigenvalue weighted by atomic mass is 10.1. The van der Waals surface area contributed by atoms with Crippen molar-refractivity contribution < 1.29 is 29.5 Å². The maximum Gasteiger partial charge on any atom is 0.162 e. The highest BCUT2D eigenvalue weighted by atomic mass is 16.6. The van der Waals surface area contributed by atoms with E-state index in [2.05, 4.69) is 5.32 Å². The number of phenols is 1. The fourth-order valence-corrected chi connectivity index (χ4v) is 3.81. The van der Waals surface area contributed by atoms with Gasteiger partial charge < -0.3 is 34.8 Å². The molecule has 0 saturated carbocycles. The van der Waals surface area contributed by atoms with Gasteiger partial charge in [-0.15, -0.1) is 0 Å². The Labute approximate surface area is 199 Å². The summed E-state index contributed by atoms with van der Waals surface area (Å²) in [7, 11) is 0. The minimum Gasteiger partial charge on any atom is -0.508 e. The lowest BCUT2D eigenvalue weighted by molar-refractivity contribution is 0.00266. The molecule has 0 aliphatic carbocycles. The van der Waals surface area contributed by atoms with Crippen LogP contribution in [0.1, 0.15) is 28.4 Å². The van der Waals surface area contributed by atoms with Gasteiger partial charge in [-0.2, -0.15) is 0 Å². The summed E-state index contributed by atoms with van der Waals surface area (Å²) in [6.45, 7) is 2.20. The van der Waals surface area contributed by atoms with Crippen molar-refractivity contribution in [2.45, 2.75) is 31.8 Å². The Morgan fingerprint density at radius 2 is 1.85 bits per heavy atom. The maximum absolute atomic E-state index is 10.4. The van der Waals surface area contributed by atoms with Gasteiger partial charge in [-0.3, -0.25) is 0 Å². The molecule has 0 unspecified atom stereocenters. The third kappa shape index (κ3) is 6.48. The molecule has 3 aromatic carbocycles. The first kappa shape index (κ1) is 24.0. The second kappa shape index (κ2) is 11.9. The molecule has 1 aliphatic rings. The molecule has 0 radical (unpaired) electrons. The van der Waals surface area contributed by atoms with Crippen molar-refractivity contribution in [3.63, 3.8) is 0 Å². The number of aliphatic hydroxyl groups excluding tert-OH is 2. The number of hydrogen-bond donors (Lipinski definition) is 4. The first-order valence-corrected chi connectivity index (χ1v) is 11.5. The van der Waals surface area contributed by atoms with E-state index >= 15 is 0 Å². The molecule has 7 heteroatoms. The molecular weight excluding hydrogens is 434 g/mol. The standard InChI is InChI=1S/C27H31NO6/c29-15-22-13-21(7-8-24(22)30)25(31)14-28-11-10-19-6-9-26-27(12-19)34-23(18-33-26)17-32-16-20-4-2-1-3-5-20/h1-9,12-13,23,25,28-31H,10-11,14-18H2/t23-,25+/m1/s1. The summed E-state index contributed by atoms with van der Waals surface area (Å²) in [4.78, 5) is 0. The minimum atomic E-state index is -0.734. The van der Waals surface area contributed by atoms with Crippen molar-refractivity contribution in [1.29, 1.82) is 0 Å². The lowest BCUT2D eigenvalue weighted by Gasteiger charge is -2.27. The van der Waals surface area contributed by atoms with Crippen molar-refractivity contribution in [3.05, 3.63) is 89.0 Å². The summed E-state index contributed by atoms with van der Waals surface area (Å²) in [5, 5.41) is 32.6. The van der Waals surface area contributed by atoms with Crippen LogP contribution in [0, 0.1) is 0 Å². The molecule has 1 aliphatic heterocycles. The topological polar surface area (TPSA) is 100 Å². The van der Waals surface area contributed by atoms with E-state index in [1.54, 1.807) is 12.1 Å². The van der Waals surface area contributed by atoms with Crippen LogP contribution in [0.2, 0.25) is 0 Å². The van der Waals surface area contributed by atoms with Gasteiger partial charge in [-0.25, -0.2) is 0 Å². The average Bonchev–Trinajstić information content (AvgIpc) is 2.87. The Balaban J connectivity index is 1.22. The van der Waals surface area contributed by atoms with Gasteiger partial charge in [0.25, 0.3) is 0 Å². The molecule has 0 spiro atoms. The first-order valence-electron chi connectivity index (χ1n) is 11.5. The van der Waals surface area contributed by atoms with Crippen molar-refractivity contribution in [2.75, 3.05) is 26.3 Å². The van der Waals surface area contributed by atoms with E-state index in [0.717, 1.165) is 29.0 Å². The second-order valence-corrected chi connectivity index (χ2v) is 8.35. The average molecular weight is 466 g/mol. The molecule has 1 heterocycles. The van der Waals surface area contributed by atoms with Crippen LogP contribution in [0.3, 0.4) is 0 Å². The highest BCUT2D eigenvalue weighted by Crippen LogP contribution is 2.33. The third-order valence-electron chi connectivity index (χ3n) is 5.73. The number of benzene rings is 3. The number of aromatic hydroxyl groups is 1. The smallest absolute Gasteiger partial charge is 0.162 e. The highest BCUT2D eigenvalue weighted by Gasteiger charge is 2.21. The van der Waals surface area contributed by atoms with Crippen LogP contribution in [0.4, 0.5) is 0 Å². The number of rotatable bonds is 11. The van der Waals surface area contributed by atoms with Crippen LogP contribution in [-0.4, -0.2) is 47.7 Å². The number of fused-ring (bicyclic) bond motifs is 1. The zero-order valence-electron chi connectivity index (χ0n) is 19.0. The summed E-state index contributed by atoms with van der Waals surface area (Å²) >= 11 is 0. The van der Waals surface area contributed by atoms with Crippen LogP contribution in [-0.2, 0) is 24.4 Å². The molecule has 0 amide bonds. The normalized spacial score (nSPS) is 15.8. The Morgan fingerprint density at radius 3 is 2.68 bits per heavy atom. The zero-order valence-corrected chi connectivity index (χ0v) is 19.0. The Bertz CT molecular complexity index is 1060. The van der Waals surface area contributed by atoms with E-state index in [1.807, 2.05) is 48.5 Å². The third-order valence-corrected chi connectivity index (χ3v) is 5.73. The van der Waals surface area contributed by atoms with Gasteiger partial charge in [0.2, 0.25) is 0 Å². The van der Waals surface area contributed by atoms with E-state index in [0.29, 0.717) is 44.0 Å². The zero-order chi connectivity index (χ0) is 23.8. The van der Waals surface area contributed by atoms with Crippen molar-refractivity contribution >= 4 is 0 Å². The lowest BCUT2D eigenvalue weighted by Crippen LogP contribution is -2.33. The van der Waals surface area contributed by atoms with Crippen molar-refractivity contribution in [3.8, 4) is 17.2 Å². The predicted octanol–water partition coefficient (Wildman–Crippen LogP) is 3.11. The highest BCUT2D eigenvalue weighted by molar-refractivity contribution is 5.44. The summed E-state index contributed by atoms with van der Waals surface area (Å²) in [5.41, 5.74) is 3.27. The SMILES string of the molecule is OCc1cc([C@@H](O)CNCCc2ccc3c(c2)O[C@H](COCc2ccccc2)CO3)ccc1O. The van der Waals surface area contributed by atoms with Crippen LogP contribution in [0.25, 0.3) is 0 Å². The number of aliphatic hydroxyl groups is 2. The molecule has 4 N–H and O–H groups in total. The van der Waals surface area contributed by atoms with Gasteiger partial charge in [0.1, 0.15) is 12.4 Å². The van der Waals surface area contributed by atoms with Crippen molar-refractivity contribution in [2.24, 2.45) is 0 Å². The summed E-state index contributed by atoms with van der Waals surface area (Å²) in [5.74, 6) is 1.48. The molecule has 4 rings (SSSR count). The summed E-state index contributed by atoms with van der Waals surface area (Å²) in [6.07, 6.45) is -0.132. The van der Waals surface area contributed by atoms with Crippen molar-refractivity contribution in [1.82, 2.24) is 5.32 Å². The molecule has 2 atom stereocenters. The Morgan fingerprint density at radius 1 is 1.00 bits per heavy atom. The Kier molecular flexibility index (Phi) is 8.38. The fourth-order valence-electron chi connectivity index (χ4n) is 3.81. The van der Waals surface area contributed by atoms with Crippen LogP contribution in [0.5, 0.6) is 17.2 Å². The molecule has 34 heavy (non-hydrogen) atoms. The van der Waals surface area contributed by atoms with Crippen LogP contribution < -0.4 is 14.8 Å². The van der Waals surface area contributed by atoms with E-state index in [1.165, 1.54) is 6.07 Å². The predicted molar refractivity (Wildman–Crippen MR) is 128 cm³/mol. The second-order valence-electron chi connectivity index (χ2n) is 8.35. The molecule has 3 aromatic rings. The monoisotopic (exact) mass is 465 g/mol. The molecular formula is C27H31NO6. The number of nitrogens with one attached hydrogen (secondary N) is 1. The van der Waals surface area contributed by atoms with E-state index in [-0.39, 0.29) is 18.5 Å². The number of hydrogen-bond acceptors (Lipinski definition) is 7. The van der Waals surface area contributed by atoms with Gasteiger partial charge in [0, 0.05) is 12.1 Å². The molecule has 7 nitrogen and oxygen atoms in total. The minimum absolute atomic E-state index is 0.0232. The van der Waals surface area contributed by atoms with Crippen LogP contribution in [0.15, 0.2) is 66.7 Å². The van der Waals surface area contributed by atoms with Gasteiger partial charge in [0.15, 0.2) is 17.6 Å². The van der Waals surface area contributed by atoms with Gasteiger partial charge in [0.05, 0.1) is 25.9 Å². The summed E-state index contributed by atoms with van der Waals surface area (Å²) in [6, 6.07) is 20.7. The maximum atomic E-state index is 10.4. The Hall–Kier alpha value is -3.10. The van der Waals surface area contributed by atoms with E-state index in [4.69, 9.17) is 14.2 Å². The van der Waals surface area contributed by atoms with Crippen LogP contribution >= 0.6 is 0 Å².